The van der Waals surface area contributed by atoms with Crippen LogP contribution in [0.3, 0.4) is 0 Å². The van der Waals surface area contributed by atoms with Gasteiger partial charge in [-0.1, -0.05) is 6.92 Å². The fraction of sp³-hybridized carbons (Fsp3) is 0.692. The first-order valence-electron chi connectivity index (χ1n) is 6.16. The van der Waals surface area contributed by atoms with E-state index >= 15 is 0 Å². The minimum Gasteiger partial charge on any atom is -0.466 e. The normalized spacial score (nSPS) is 30.5. The molecule has 1 N–H and O–H groups in total. The van der Waals surface area contributed by atoms with Gasteiger partial charge in [-0.25, -0.2) is 0 Å². The van der Waals surface area contributed by atoms with Crippen molar-refractivity contribution >= 4 is 0 Å². The third-order valence-electron chi connectivity index (χ3n) is 3.25. The summed E-state index contributed by atoms with van der Waals surface area (Å²) in [5.41, 5.74) is -0.257. The van der Waals surface area contributed by atoms with Gasteiger partial charge in [-0.05, 0) is 44.9 Å². The van der Waals surface area contributed by atoms with Crippen LogP contribution in [-0.4, -0.2) is 19.2 Å². The summed E-state index contributed by atoms with van der Waals surface area (Å²) < 4.78 is 11.4. The van der Waals surface area contributed by atoms with E-state index in [1.807, 2.05) is 12.1 Å². The Bertz CT molecular complexity index is 310. The van der Waals surface area contributed by atoms with E-state index < -0.39 is 0 Å². The number of nitrogens with one attached hydrogen (secondary N) is 1. The number of ether oxygens (including phenoxy) is 1. The topological polar surface area (TPSA) is 34.4 Å². The zero-order valence-electron chi connectivity index (χ0n) is 10.2. The minimum absolute atomic E-state index is 0.257. The standard InChI is InChI=1S/C13H21NO2/c1-3-7-14-11-6-9-16-13(2,10-11)12-5-4-8-15-12/h4-5,8,11,14H,3,6-7,9-10H2,1-2H3. The van der Waals surface area contributed by atoms with Gasteiger partial charge in [0.05, 0.1) is 6.26 Å². The van der Waals surface area contributed by atoms with Crippen molar-refractivity contribution < 1.29 is 9.15 Å². The maximum absolute atomic E-state index is 5.89. The highest BCUT2D eigenvalue weighted by Gasteiger charge is 2.36. The van der Waals surface area contributed by atoms with E-state index in [1.165, 1.54) is 6.42 Å². The molecule has 1 aliphatic rings. The SMILES string of the molecule is CCCNC1CCOC(C)(c2ccco2)C1. The summed E-state index contributed by atoms with van der Waals surface area (Å²) in [4.78, 5) is 0. The van der Waals surface area contributed by atoms with E-state index in [0.717, 1.165) is 31.8 Å². The lowest BCUT2D eigenvalue weighted by atomic mass is 9.90. The zero-order valence-corrected chi connectivity index (χ0v) is 10.2. The smallest absolute Gasteiger partial charge is 0.135 e. The van der Waals surface area contributed by atoms with Gasteiger partial charge in [0, 0.05) is 12.6 Å². The van der Waals surface area contributed by atoms with Gasteiger partial charge in [0.25, 0.3) is 0 Å². The molecule has 2 atom stereocenters. The van der Waals surface area contributed by atoms with Crippen LogP contribution in [-0.2, 0) is 10.3 Å². The van der Waals surface area contributed by atoms with Crippen LogP contribution in [0, 0.1) is 0 Å². The predicted octanol–water partition coefficient (Wildman–Crippen LogP) is 2.67. The lowest BCUT2D eigenvalue weighted by Gasteiger charge is -2.37. The first kappa shape index (κ1) is 11.7. The van der Waals surface area contributed by atoms with E-state index in [2.05, 4.69) is 19.2 Å². The van der Waals surface area contributed by atoms with Gasteiger partial charge < -0.3 is 14.5 Å². The van der Waals surface area contributed by atoms with Crippen molar-refractivity contribution in [1.29, 1.82) is 0 Å². The second-order valence-electron chi connectivity index (χ2n) is 4.70. The lowest BCUT2D eigenvalue weighted by Crippen LogP contribution is -2.43. The van der Waals surface area contributed by atoms with Gasteiger partial charge in [-0.3, -0.25) is 0 Å². The first-order chi connectivity index (χ1) is 7.74. The number of hydrogen-bond acceptors (Lipinski definition) is 3. The molecular weight excluding hydrogens is 202 g/mol. The van der Waals surface area contributed by atoms with Crippen LogP contribution in [0.4, 0.5) is 0 Å². The average molecular weight is 223 g/mol. The Kier molecular flexibility index (Phi) is 3.66. The molecule has 3 heteroatoms. The molecule has 2 rings (SSSR count). The van der Waals surface area contributed by atoms with E-state index in [9.17, 15) is 0 Å². The number of furan rings is 1. The highest BCUT2D eigenvalue weighted by Crippen LogP contribution is 2.34. The maximum atomic E-state index is 5.89. The Morgan fingerprint density at radius 1 is 1.56 bits per heavy atom. The van der Waals surface area contributed by atoms with Crippen LogP contribution in [0.25, 0.3) is 0 Å². The molecule has 0 saturated carbocycles. The largest absolute Gasteiger partial charge is 0.466 e. The van der Waals surface area contributed by atoms with Gasteiger partial charge >= 0.3 is 0 Å². The third-order valence-corrected chi connectivity index (χ3v) is 3.25. The average Bonchev–Trinajstić information content (AvgIpc) is 2.80. The fourth-order valence-electron chi connectivity index (χ4n) is 2.33. The molecule has 1 fully saturated rings. The van der Waals surface area contributed by atoms with Crippen LogP contribution >= 0.6 is 0 Å². The number of hydrogen-bond donors (Lipinski definition) is 1. The van der Waals surface area contributed by atoms with Crippen LogP contribution < -0.4 is 5.32 Å². The molecule has 0 aromatic carbocycles. The molecule has 2 unspecified atom stereocenters. The van der Waals surface area contributed by atoms with Crippen LogP contribution in [0.2, 0.25) is 0 Å². The highest BCUT2D eigenvalue weighted by molar-refractivity contribution is 5.10. The minimum atomic E-state index is -0.257. The van der Waals surface area contributed by atoms with Gasteiger partial charge in [-0.15, -0.1) is 0 Å². The summed E-state index contributed by atoms with van der Waals surface area (Å²) in [5.74, 6) is 0.940. The van der Waals surface area contributed by atoms with E-state index in [0.29, 0.717) is 6.04 Å². The molecule has 0 radical (unpaired) electrons. The Morgan fingerprint density at radius 3 is 3.12 bits per heavy atom. The maximum Gasteiger partial charge on any atom is 0.135 e. The third kappa shape index (κ3) is 2.47. The fourth-order valence-corrected chi connectivity index (χ4v) is 2.33. The monoisotopic (exact) mass is 223 g/mol. The summed E-state index contributed by atoms with van der Waals surface area (Å²) >= 11 is 0. The molecule has 1 aromatic rings. The van der Waals surface area contributed by atoms with Crippen LogP contribution in [0.1, 0.15) is 38.9 Å². The lowest BCUT2D eigenvalue weighted by molar-refractivity contribution is -0.0935. The van der Waals surface area contributed by atoms with Crippen molar-refractivity contribution in [2.45, 2.75) is 44.8 Å². The predicted molar refractivity (Wildman–Crippen MR) is 63.3 cm³/mol. The molecule has 0 spiro atoms. The van der Waals surface area contributed by atoms with Crippen molar-refractivity contribution in [2.75, 3.05) is 13.2 Å². The van der Waals surface area contributed by atoms with E-state index in [-0.39, 0.29) is 5.60 Å². The summed E-state index contributed by atoms with van der Waals surface area (Å²) in [6.45, 7) is 6.20. The Hall–Kier alpha value is -0.800. The molecule has 90 valence electrons. The van der Waals surface area contributed by atoms with Crippen molar-refractivity contribution in [3.8, 4) is 0 Å². The van der Waals surface area contributed by atoms with Crippen molar-refractivity contribution in [1.82, 2.24) is 5.32 Å². The van der Waals surface area contributed by atoms with Crippen molar-refractivity contribution in [3.63, 3.8) is 0 Å². The summed E-state index contributed by atoms with van der Waals surface area (Å²) in [6.07, 6.45) is 4.97. The Balaban J connectivity index is 2.00. The van der Waals surface area contributed by atoms with Gasteiger partial charge in [-0.2, -0.15) is 0 Å². The molecule has 0 bridgehead atoms. The van der Waals surface area contributed by atoms with Gasteiger partial charge in [0.15, 0.2) is 0 Å². The highest BCUT2D eigenvalue weighted by atomic mass is 16.5. The summed E-state index contributed by atoms with van der Waals surface area (Å²) in [5, 5.41) is 3.57. The van der Waals surface area contributed by atoms with Crippen LogP contribution in [0.15, 0.2) is 22.8 Å². The molecule has 0 aliphatic carbocycles. The van der Waals surface area contributed by atoms with Gasteiger partial charge in [0.1, 0.15) is 11.4 Å². The molecule has 3 nitrogen and oxygen atoms in total. The van der Waals surface area contributed by atoms with E-state index in [1.54, 1.807) is 6.26 Å². The molecule has 1 saturated heterocycles. The second kappa shape index (κ2) is 5.02. The molecule has 1 aromatic heterocycles. The van der Waals surface area contributed by atoms with Crippen molar-refractivity contribution in [2.24, 2.45) is 0 Å². The van der Waals surface area contributed by atoms with Gasteiger partial charge in [0.2, 0.25) is 0 Å². The summed E-state index contributed by atoms with van der Waals surface area (Å²) in [6, 6.07) is 4.47. The van der Waals surface area contributed by atoms with E-state index in [4.69, 9.17) is 9.15 Å². The molecule has 2 heterocycles. The molecule has 16 heavy (non-hydrogen) atoms. The molecular formula is C13H21NO2. The Labute approximate surface area is 97.2 Å². The summed E-state index contributed by atoms with van der Waals surface area (Å²) in [7, 11) is 0. The quantitative estimate of drug-likeness (QED) is 0.852. The molecule has 0 amide bonds. The number of rotatable bonds is 4. The Morgan fingerprint density at radius 2 is 2.44 bits per heavy atom. The zero-order chi connectivity index (χ0) is 11.4. The molecule has 1 aliphatic heterocycles. The second-order valence-corrected chi connectivity index (χ2v) is 4.70. The van der Waals surface area contributed by atoms with Crippen molar-refractivity contribution in [3.05, 3.63) is 24.2 Å². The first-order valence-corrected chi connectivity index (χ1v) is 6.16. The van der Waals surface area contributed by atoms with Crippen LogP contribution in [0.5, 0.6) is 0 Å².